The maximum Gasteiger partial charge on any atom is 0.249 e. The number of thiophene rings is 1. The van der Waals surface area contributed by atoms with E-state index < -0.39 is 0 Å². The molecule has 0 radical (unpaired) electrons. The van der Waals surface area contributed by atoms with Crippen LogP contribution in [0, 0.1) is 0 Å². The zero-order valence-electron chi connectivity index (χ0n) is 16.3. The molecule has 1 fully saturated rings. The van der Waals surface area contributed by atoms with Gasteiger partial charge in [-0.3, -0.25) is 10.3 Å². The predicted molar refractivity (Wildman–Crippen MR) is 123 cm³/mol. The van der Waals surface area contributed by atoms with E-state index in [1.54, 1.807) is 17.8 Å². The van der Waals surface area contributed by atoms with Gasteiger partial charge in [-0.1, -0.05) is 41.0 Å². The lowest BCUT2D eigenvalue weighted by Crippen LogP contribution is -2.40. The molecule has 30 heavy (non-hydrogen) atoms. The lowest BCUT2D eigenvalue weighted by molar-refractivity contribution is 0.558. The van der Waals surface area contributed by atoms with Crippen LogP contribution in [-0.2, 0) is 18.6 Å². The average molecular weight is 479 g/mol. The quantitative estimate of drug-likeness (QED) is 0.511. The molecule has 1 aliphatic carbocycles. The van der Waals surface area contributed by atoms with Gasteiger partial charge >= 0.3 is 0 Å². The summed E-state index contributed by atoms with van der Waals surface area (Å²) >= 11 is 16.0. The molecule has 6 nitrogen and oxygen atoms in total. The number of thioether (sulfide) groups is 1. The van der Waals surface area contributed by atoms with Gasteiger partial charge in [0.25, 0.3) is 0 Å². The van der Waals surface area contributed by atoms with Gasteiger partial charge in [0.15, 0.2) is 5.16 Å². The second-order valence-corrected chi connectivity index (χ2v) is 10.7. The summed E-state index contributed by atoms with van der Waals surface area (Å²) in [5, 5.41) is 18.4. The van der Waals surface area contributed by atoms with Crippen molar-refractivity contribution < 1.29 is 0 Å². The second-order valence-electron chi connectivity index (χ2n) is 7.86. The molecule has 1 aromatic carbocycles. The monoisotopic (exact) mass is 478 g/mol. The first-order valence-corrected chi connectivity index (χ1v) is 12.6. The van der Waals surface area contributed by atoms with Gasteiger partial charge in [0, 0.05) is 26.2 Å². The number of fused-ring (bicyclic) bond motifs is 8. The van der Waals surface area contributed by atoms with Crippen LogP contribution in [0.2, 0.25) is 10.0 Å². The van der Waals surface area contributed by atoms with Crippen LogP contribution in [0.15, 0.2) is 23.4 Å². The Morgan fingerprint density at radius 3 is 2.97 bits per heavy atom. The minimum atomic E-state index is 0.105. The molecular weight excluding hydrogens is 459 g/mol. The fourth-order valence-electron chi connectivity index (χ4n) is 4.51. The van der Waals surface area contributed by atoms with Crippen molar-refractivity contribution in [2.45, 2.75) is 55.8 Å². The van der Waals surface area contributed by atoms with E-state index in [-0.39, 0.29) is 12.3 Å². The fraction of sp³-hybridized carbons (Fsp3) is 0.400. The highest BCUT2D eigenvalue weighted by Gasteiger charge is 2.43. The summed E-state index contributed by atoms with van der Waals surface area (Å²) in [6, 6.07) is 5.64. The Balaban J connectivity index is 1.42. The normalized spacial score (nSPS) is 21.9. The number of hydrogen-bond acceptors (Lipinski definition) is 7. The first-order valence-electron chi connectivity index (χ1n) is 10.1. The van der Waals surface area contributed by atoms with E-state index in [2.05, 4.69) is 37.4 Å². The van der Waals surface area contributed by atoms with Crippen molar-refractivity contribution in [3.8, 4) is 5.00 Å². The lowest BCUT2D eigenvalue weighted by Gasteiger charge is -2.31. The lowest BCUT2D eigenvalue weighted by atomic mass is 9.94. The van der Waals surface area contributed by atoms with Crippen molar-refractivity contribution in [2.24, 2.45) is 0 Å². The Kier molecular flexibility index (Phi) is 4.78. The molecule has 0 bridgehead atoms. The molecule has 10 heteroatoms. The molecule has 2 aromatic heterocycles. The summed E-state index contributed by atoms with van der Waals surface area (Å²) in [6.07, 6.45) is 5.14. The van der Waals surface area contributed by atoms with Crippen molar-refractivity contribution in [3.63, 3.8) is 0 Å². The Bertz CT molecular complexity index is 1140. The molecule has 0 amide bonds. The van der Waals surface area contributed by atoms with Crippen LogP contribution in [0.25, 0.3) is 5.00 Å². The van der Waals surface area contributed by atoms with Gasteiger partial charge in [-0.2, -0.15) is 0 Å². The van der Waals surface area contributed by atoms with E-state index in [0.29, 0.717) is 15.8 Å². The molecule has 4 heterocycles. The predicted octanol–water partition coefficient (Wildman–Crippen LogP) is 5.08. The first kappa shape index (κ1) is 19.4. The van der Waals surface area contributed by atoms with Crippen molar-refractivity contribution in [1.82, 2.24) is 25.5 Å². The van der Waals surface area contributed by atoms with Gasteiger partial charge in [0.2, 0.25) is 5.95 Å². The number of hydrazine groups is 1. The summed E-state index contributed by atoms with van der Waals surface area (Å²) in [4.78, 5) is 1.52. The molecule has 1 saturated heterocycles. The fourth-order valence-corrected chi connectivity index (χ4v) is 7.48. The molecule has 2 N–H and O–H groups in total. The summed E-state index contributed by atoms with van der Waals surface area (Å²) in [7, 11) is 0. The largest absolute Gasteiger partial charge is 0.276 e. The van der Waals surface area contributed by atoms with Crippen molar-refractivity contribution >= 4 is 52.2 Å². The average Bonchev–Trinajstić information content (AvgIpc) is 3.41. The van der Waals surface area contributed by atoms with Gasteiger partial charge < -0.3 is 0 Å². The standard InChI is InChI=1S/C20H20Cl2N6S2/c1-10-23-17-16-13-4-2-3-5-15(13)30-18(16)27-19(28(17)26-10)24-25-20(27)29-9-11-6-7-12(21)8-14(11)22/h6-8,10,17,23,26H,2-5,9H2,1H3. The van der Waals surface area contributed by atoms with Crippen molar-refractivity contribution in [2.75, 3.05) is 5.01 Å². The number of benzene rings is 1. The van der Waals surface area contributed by atoms with Crippen molar-refractivity contribution in [1.29, 1.82) is 0 Å². The van der Waals surface area contributed by atoms with Gasteiger partial charge in [-0.05, 0) is 55.9 Å². The minimum Gasteiger partial charge on any atom is -0.276 e. The van der Waals surface area contributed by atoms with Gasteiger partial charge in [0.05, 0.1) is 6.17 Å². The molecule has 3 aromatic rings. The van der Waals surface area contributed by atoms with Crippen LogP contribution in [-0.4, -0.2) is 20.9 Å². The third-order valence-corrected chi connectivity index (χ3v) is 8.73. The summed E-state index contributed by atoms with van der Waals surface area (Å²) < 4.78 is 2.22. The van der Waals surface area contributed by atoms with Crippen LogP contribution in [0.3, 0.4) is 0 Å². The molecule has 0 saturated carbocycles. The Hall–Kier alpha value is -1.29. The van der Waals surface area contributed by atoms with Crippen LogP contribution >= 0.6 is 46.3 Å². The van der Waals surface area contributed by atoms with Gasteiger partial charge in [0.1, 0.15) is 11.2 Å². The molecule has 6 rings (SSSR count). The number of nitrogens with one attached hydrogen (secondary N) is 2. The van der Waals surface area contributed by atoms with E-state index >= 15 is 0 Å². The topological polar surface area (TPSA) is 58.0 Å². The molecule has 2 unspecified atom stereocenters. The van der Waals surface area contributed by atoms with Crippen LogP contribution in [0.1, 0.15) is 47.5 Å². The second kappa shape index (κ2) is 7.39. The molecule has 156 valence electrons. The number of rotatable bonds is 3. The highest BCUT2D eigenvalue weighted by molar-refractivity contribution is 7.98. The van der Waals surface area contributed by atoms with E-state index in [0.717, 1.165) is 23.1 Å². The summed E-state index contributed by atoms with van der Waals surface area (Å²) in [6.45, 7) is 2.13. The van der Waals surface area contributed by atoms with Gasteiger partial charge in [-0.25, -0.2) is 9.99 Å². The number of anilines is 1. The van der Waals surface area contributed by atoms with E-state index in [9.17, 15) is 0 Å². The number of halogens is 2. The summed E-state index contributed by atoms with van der Waals surface area (Å²) in [5.74, 6) is 1.55. The zero-order valence-corrected chi connectivity index (χ0v) is 19.4. The summed E-state index contributed by atoms with van der Waals surface area (Å²) in [5.41, 5.74) is 7.47. The van der Waals surface area contributed by atoms with E-state index in [4.69, 9.17) is 23.2 Å². The Labute approximate surface area is 192 Å². The van der Waals surface area contributed by atoms with Gasteiger partial charge in [-0.15, -0.1) is 21.5 Å². The zero-order chi connectivity index (χ0) is 20.4. The minimum absolute atomic E-state index is 0.105. The van der Waals surface area contributed by atoms with E-state index in [1.807, 2.05) is 23.5 Å². The SMILES string of the molecule is CC1NC2c3c(sc4c3CCCC4)-n3c(SCc4ccc(Cl)cc4Cl)nnc3N2N1. The Morgan fingerprint density at radius 1 is 1.23 bits per heavy atom. The highest BCUT2D eigenvalue weighted by atomic mass is 35.5. The number of hydrogen-bond donors (Lipinski definition) is 2. The third kappa shape index (κ3) is 3.00. The number of aryl methyl sites for hydroxylation is 1. The maximum absolute atomic E-state index is 6.39. The van der Waals surface area contributed by atoms with E-state index in [1.165, 1.54) is 40.3 Å². The first-order chi connectivity index (χ1) is 14.6. The van der Waals surface area contributed by atoms with Crippen LogP contribution < -0.4 is 15.8 Å². The number of nitrogens with zero attached hydrogens (tertiary/aromatic N) is 4. The molecule has 2 atom stereocenters. The Morgan fingerprint density at radius 2 is 2.10 bits per heavy atom. The van der Waals surface area contributed by atoms with Crippen LogP contribution in [0.5, 0.6) is 0 Å². The number of aromatic nitrogens is 3. The molecular formula is C20H20Cl2N6S2. The molecule has 2 aliphatic heterocycles. The smallest absolute Gasteiger partial charge is 0.249 e. The molecule has 0 spiro atoms. The van der Waals surface area contributed by atoms with Crippen LogP contribution in [0.4, 0.5) is 5.95 Å². The third-order valence-electron chi connectivity index (χ3n) is 5.87. The van der Waals surface area contributed by atoms with Crippen molar-refractivity contribution in [3.05, 3.63) is 49.8 Å². The maximum atomic E-state index is 6.39. The highest BCUT2D eigenvalue weighted by Crippen LogP contribution is 2.48. The molecule has 3 aliphatic rings.